The highest BCUT2D eigenvalue weighted by Gasteiger charge is 2.08. The van der Waals surface area contributed by atoms with Gasteiger partial charge in [-0.1, -0.05) is 12.2 Å². The molecule has 0 atom stereocenters. The molecule has 0 heterocycles. The summed E-state index contributed by atoms with van der Waals surface area (Å²) in [5.74, 6) is 0.379. The van der Waals surface area contributed by atoms with Crippen molar-refractivity contribution in [3.05, 3.63) is 29.3 Å². The van der Waals surface area contributed by atoms with Crippen molar-refractivity contribution in [1.82, 2.24) is 5.32 Å². The zero-order valence-electron chi connectivity index (χ0n) is 10.0. The van der Waals surface area contributed by atoms with Crippen molar-refractivity contribution in [2.45, 2.75) is 6.42 Å². The maximum absolute atomic E-state index is 9.86. The number of hydrogen-bond donors (Lipinski definition) is 2. The molecule has 0 unspecified atom stereocenters. The summed E-state index contributed by atoms with van der Waals surface area (Å²) in [6.45, 7) is 0.867. The van der Waals surface area contributed by atoms with Gasteiger partial charge in [0.05, 0.1) is 18.7 Å². The molecule has 90 valence electrons. The van der Waals surface area contributed by atoms with E-state index in [1.54, 1.807) is 12.1 Å². The van der Waals surface area contributed by atoms with Crippen LogP contribution < -0.4 is 10.1 Å². The van der Waals surface area contributed by atoms with Crippen LogP contribution in [0, 0.1) is 11.3 Å². The fourth-order valence-corrected chi connectivity index (χ4v) is 1.41. The highest BCUT2D eigenvalue weighted by atomic mass is 16.5. The molecule has 4 heteroatoms. The van der Waals surface area contributed by atoms with Crippen LogP contribution in [0.4, 0.5) is 0 Å². The summed E-state index contributed by atoms with van der Waals surface area (Å²) in [6, 6.07) is 5.18. The van der Waals surface area contributed by atoms with E-state index in [-0.39, 0.29) is 5.75 Å². The Balaban J connectivity index is 2.98. The van der Waals surface area contributed by atoms with Crippen molar-refractivity contribution in [2.24, 2.45) is 0 Å². The summed E-state index contributed by atoms with van der Waals surface area (Å²) < 4.78 is 5.01. The summed E-state index contributed by atoms with van der Waals surface area (Å²) >= 11 is 0. The van der Waals surface area contributed by atoms with Gasteiger partial charge in [-0.2, -0.15) is 5.26 Å². The lowest BCUT2D eigenvalue weighted by Crippen LogP contribution is -2.05. The van der Waals surface area contributed by atoms with E-state index in [0.717, 1.165) is 13.0 Å². The molecule has 0 spiro atoms. The Morgan fingerprint density at radius 2 is 2.29 bits per heavy atom. The number of methoxy groups -OCH3 is 1. The summed E-state index contributed by atoms with van der Waals surface area (Å²) in [4.78, 5) is 0. The second kappa shape index (κ2) is 6.56. The fourth-order valence-electron chi connectivity index (χ4n) is 1.41. The zero-order chi connectivity index (χ0) is 12.7. The second-order valence-electron chi connectivity index (χ2n) is 3.52. The van der Waals surface area contributed by atoms with Crippen molar-refractivity contribution in [1.29, 1.82) is 5.26 Å². The Morgan fingerprint density at radius 3 is 2.88 bits per heavy atom. The van der Waals surface area contributed by atoms with E-state index in [2.05, 4.69) is 5.32 Å². The van der Waals surface area contributed by atoms with Gasteiger partial charge in [-0.3, -0.25) is 0 Å². The zero-order valence-corrected chi connectivity index (χ0v) is 10.0. The van der Waals surface area contributed by atoms with Crippen LogP contribution in [0.5, 0.6) is 11.5 Å². The van der Waals surface area contributed by atoms with Crippen LogP contribution in [0.15, 0.2) is 18.2 Å². The molecule has 4 nitrogen and oxygen atoms in total. The molecule has 1 aromatic carbocycles. The molecule has 0 aliphatic rings. The number of rotatable bonds is 5. The number of phenols is 1. The number of hydrogen-bond acceptors (Lipinski definition) is 4. The third kappa shape index (κ3) is 3.51. The number of benzene rings is 1. The average Bonchev–Trinajstić information content (AvgIpc) is 2.36. The van der Waals surface area contributed by atoms with Gasteiger partial charge in [-0.05, 0) is 26.1 Å². The quantitative estimate of drug-likeness (QED) is 0.761. The third-order valence-electron chi connectivity index (χ3n) is 2.31. The average molecular weight is 232 g/mol. The molecular formula is C13H16N2O2. The van der Waals surface area contributed by atoms with Gasteiger partial charge in [-0.25, -0.2) is 0 Å². The molecule has 0 amide bonds. The smallest absolute Gasteiger partial charge is 0.165 e. The van der Waals surface area contributed by atoms with Gasteiger partial charge in [0.2, 0.25) is 0 Å². The molecule has 1 rings (SSSR count). The van der Waals surface area contributed by atoms with Crippen molar-refractivity contribution in [3.63, 3.8) is 0 Å². The maximum atomic E-state index is 9.86. The first-order chi connectivity index (χ1) is 8.22. The highest BCUT2D eigenvalue weighted by Crippen LogP contribution is 2.32. The lowest BCUT2D eigenvalue weighted by molar-refractivity contribution is 0.373. The molecule has 0 aliphatic carbocycles. The van der Waals surface area contributed by atoms with Crippen LogP contribution in [0.25, 0.3) is 6.08 Å². The summed E-state index contributed by atoms with van der Waals surface area (Å²) in [7, 11) is 3.34. The highest BCUT2D eigenvalue weighted by molar-refractivity contribution is 5.64. The first kappa shape index (κ1) is 13.1. The molecule has 0 saturated heterocycles. The predicted molar refractivity (Wildman–Crippen MR) is 67.0 cm³/mol. The van der Waals surface area contributed by atoms with Crippen molar-refractivity contribution >= 4 is 6.08 Å². The number of ether oxygens (including phenoxy) is 1. The monoisotopic (exact) mass is 232 g/mol. The molecule has 0 aliphatic heterocycles. The van der Waals surface area contributed by atoms with Crippen LogP contribution >= 0.6 is 0 Å². The molecular weight excluding hydrogens is 216 g/mol. The lowest BCUT2D eigenvalue weighted by atomic mass is 10.1. The number of phenolic OH excluding ortho intramolecular Hbond substituents is 1. The lowest BCUT2D eigenvalue weighted by Gasteiger charge is -2.06. The predicted octanol–water partition coefficient (Wildman–Crippen LogP) is 1.90. The minimum Gasteiger partial charge on any atom is -0.504 e. The number of nitriles is 1. The van der Waals surface area contributed by atoms with Gasteiger partial charge in [0, 0.05) is 11.6 Å². The summed E-state index contributed by atoms with van der Waals surface area (Å²) in [5.41, 5.74) is 1.06. The van der Waals surface area contributed by atoms with E-state index in [4.69, 9.17) is 10.00 Å². The first-order valence-electron chi connectivity index (χ1n) is 5.35. The largest absolute Gasteiger partial charge is 0.504 e. The Hall–Kier alpha value is -1.99. The minimum atomic E-state index is 0.0622. The number of aromatic hydroxyl groups is 1. The molecule has 0 bridgehead atoms. The number of nitrogens with zero attached hydrogens (tertiary/aromatic N) is 1. The van der Waals surface area contributed by atoms with E-state index in [1.165, 1.54) is 13.2 Å². The maximum Gasteiger partial charge on any atom is 0.165 e. The van der Waals surface area contributed by atoms with Gasteiger partial charge in [-0.15, -0.1) is 0 Å². The molecule has 0 fully saturated rings. The van der Waals surface area contributed by atoms with Gasteiger partial charge in [0.1, 0.15) is 0 Å². The van der Waals surface area contributed by atoms with Crippen molar-refractivity contribution in [3.8, 4) is 17.6 Å². The van der Waals surface area contributed by atoms with Gasteiger partial charge in [0.25, 0.3) is 0 Å². The van der Waals surface area contributed by atoms with Crippen molar-refractivity contribution in [2.75, 3.05) is 20.7 Å². The Labute approximate surface area is 101 Å². The molecule has 17 heavy (non-hydrogen) atoms. The molecule has 0 radical (unpaired) electrons. The Bertz CT molecular complexity index is 447. The van der Waals surface area contributed by atoms with Gasteiger partial charge < -0.3 is 15.2 Å². The fraction of sp³-hybridized carbons (Fsp3) is 0.308. The molecule has 0 aromatic heterocycles. The SMILES string of the molecule is CNCCC=Cc1cc(C#N)cc(OC)c1O. The van der Waals surface area contributed by atoms with Gasteiger partial charge in [0.15, 0.2) is 11.5 Å². The number of nitrogens with one attached hydrogen (secondary N) is 1. The normalized spacial score (nSPS) is 10.4. The topological polar surface area (TPSA) is 65.3 Å². The molecule has 2 N–H and O–H groups in total. The Morgan fingerprint density at radius 1 is 1.53 bits per heavy atom. The van der Waals surface area contributed by atoms with Crippen LogP contribution in [0.1, 0.15) is 17.5 Å². The van der Waals surface area contributed by atoms with Crippen LogP contribution in [0.2, 0.25) is 0 Å². The third-order valence-corrected chi connectivity index (χ3v) is 2.31. The standard InChI is InChI=1S/C13H16N2O2/c1-15-6-4-3-5-11-7-10(9-14)8-12(17-2)13(11)16/h3,5,7-8,15-16H,4,6H2,1-2H3. The van der Waals surface area contributed by atoms with Crippen molar-refractivity contribution < 1.29 is 9.84 Å². The Kier molecular flexibility index (Phi) is 5.05. The molecule has 0 saturated carbocycles. The van der Waals surface area contributed by atoms with E-state index in [0.29, 0.717) is 16.9 Å². The van der Waals surface area contributed by atoms with E-state index in [9.17, 15) is 5.11 Å². The van der Waals surface area contributed by atoms with Crippen LogP contribution in [-0.2, 0) is 0 Å². The molecule has 1 aromatic rings. The van der Waals surface area contributed by atoms with Crippen LogP contribution in [-0.4, -0.2) is 25.8 Å². The summed E-state index contributed by atoms with van der Waals surface area (Å²) in [6.07, 6.45) is 4.58. The minimum absolute atomic E-state index is 0.0622. The van der Waals surface area contributed by atoms with E-state index in [1.807, 2.05) is 19.2 Å². The first-order valence-corrected chi connectivity index (χ1v) is 5.35. The van der Waals surface area contributed by atoms with E-state index < -0.39 is 0 Å². The van der Waals surface area contributed by atoms with Gasteiger partial charge >= 0.3 is 0 Å². The summed E-state index contributed by atoms with van der Waals surface area (Å²) in [5, 5.41) is 21.7. The van der Waals surface area contributed by atoms with E-state index >= 15 is 0 Å². The van der Waals surface area contributed by atoms with Crippen LogP contribution in [0.3, 0.4) is 0 Å². The second-order valence-corrected chi connectivity index (χ2v) is 3.52.